The summed E-state index contributed by atoms with van der Waals surface area (Å²) >= 11 is 11.3. The lowest BCUT2D eigenvalue weighted by Crippen LogP contribution is -1.83. The number of aromatic nitrogens is 1. The number of aryl methyl sites for hydroxylation is 1. The third-order valence-electron chi connectivity index (χ3n) is 2.19. The lowest BCUT2D eigenvalue weighted by atomic mass is 10.2. The van der Waals surface area contributed by atoms with E-state index in [2.05, 4.69) is 4.98 Å². The van der Waals surface area contributed by atoms with Crippen LogP contribution in [0.1, 0.15) is 11.5 Å². The molecule has 2 rings (SSSR count). The van der Waals surface area contributed by atoms with E-state index in [-0.39, 0.29) is 10.9 Å². The number of rotatable bonds is 2. The zero-order valence-corrected chi connectivity index (χ0v) is 9.94. The third kappa shape index (κ3) is 2.06. The van der Waals surface area contributed by atoms with Crippen LogP contribution in [0.2, 0.25) is 5.02 Å². The summed E-state index contributed by atoms with van der Waals surface area (Å²) in [4.78, 5) is 4.16. The lowest BCUT2D eigenvalue weighted by Gasteiger charge is -1.97. The molecule has 0 N–H and O–H groups in total. The molecule has 1 aromatic heterocycles. The van der Waals surface area contributed by atoms with Crippen LogP contribution >= 0.6 is 23.2 Å². The molecule has 5 heteroatoms. The van der Waals surface area contributed by atoms with Crippen LogP contribution in [0, 0.1) is 12.7 Å². The Morgan fingerprint density at radius 1 is 1.44 bits per heavy atom. The van der Waals surface area contributed by atoms with Crippen molar-refractivity contribution in [3.63, 3.8) is 0 Å². The molecule has 1 heterocycles. The van der Waals surface area contributed by atoms with Crippen LogP contribution in [0.15, 0.2) is 22.6 Å². The van der Waals surface area contributed by atoms with Crippen molar-refractivity contribution in [3.8, 4) is 11.5 Å². The van der Waals surface area contributed by atoms with Crippen LogP contribution in [0.25, 0.3) is 11.5 Å². The Labute approximate surface area is 102 Å². The van der Waals surface area contributed by atoms with Gasteiger partial charge in [-0.25, -0.2) is 9.37 Å². The van der Waals surface area contributed by atoms with Crippen LogP contribution in [-0.2, 0) is 5.88 Å². The van der Waals surface area contributed by atoms with Gasteiger partial charge in [0, 0.05) is 5.56 Å². The van der Waals surface area contributed by atoms with E-state index in [1.807, 2.05) is 0 Å². The highest BCUT2D eigenvalue weighted by Gasteiger charge is 2.12. The van der Waals surface area contributed by atoms with Crippen LogP contribution in [0.5, 0.6) is 0 Å². The quantitative estimate of drug-likeness (QED) is 0.757. The molecule has 84 valence electrons. The van der Waals surface area contributed by atoms with Crippen molar-refractivity contribution in [1.29, 1.82) is 0 Å². The Kier molecular flexibility index (Phi) is 3.17. The molecule has 0 amide bonds. The molecule has 2 nitrogen and oxygen atoms in total. The minimum atomic E-state index is -0.498. The summed E-state index contributed by atoms with van der Waals surface area (Å²) in [7, 11) is 0. The SMILES string of the molecule is Cc1oc(-c2ccc(Cl)c(F)c2)nc1CCl. The first-order valence-electron chi connectivity index (χ1n) is 4.59. The van der Waals surface area contributed by atoms with Crippen molar-refractivity contribution in [3.05, 3.63) is 40.5 Å². The number of hydrogen-bond donors (Lipinski definition) is 0. The maximum absolute atomic E-state index is 13.2. The van der Waals surface area contributed by atoms with E-state index < -0.39 is 5.82 Å². The second-order valence-corrected chi connectivity index (χ2v) is 3.96. The van der Waals surface area contributed by atoms with Gasteiger partial charge < -0.3 is 4.42 Å². The second kappa shape index (κ2) is 4.44. The highest BCUT2D eigenvalue weighted by molar-refractivity contribution is 6.30. The summed E-state index contributed by atoms with van der Waals surface area (Å²) in [6, 6.07) is 4.40. The van der Waals surface area contributed by atoms with E-state index in [1.165, 1.54) is 12.1 Å². The largest absolute Gasteiger partial charge is 0.441 e. The number of oxazole rings is 1. The molecule has 0 atom stereocenters. The Bertz CT molecular complexity index is 525. The van der Waals surface area contributed by atoms with Crippen LogP contribution < -0.4 is 0 Å². The first-order valence-corrected chi connectivity index (χ1v) is 5.50. The molecular weight excluding hydrogens is 252 g/mol. The Morgan fingerprint density at radius 3 is 2.75 bits per heavy atom. The first-order chi connectivity index (χ1) is 7.61. The molecule has 0 bridgehead atoms. The third-order valence-corrected chi connectivity index (χ3v) is 2.75. The summed E-state index contributed by atoms with van der Waals surface area (Å²) < 4.78 is 18.6. The van der Waals surface area contributed by atoms with Gasteiger partial charge in [-0.15, -0.1) is 11.6 Å². The molecule has 0 saturated carbocycles. The van der Waals surface area contributed by atoms with E-state index in [0.29, 0.717) is 22.9 Å². The fourth-order valence-corrected chi connectivity index (χ4v) is 1.67. The smallest absolute Gasteiger partial charge is 0.226 e. The van der Waals surface area contributed by atoms with Crippen molar-refractivity contribution in [2.45, 2.75) is 12.8 Å². The van der Waals surface area contributed by atoms with Crippen molar-refractivity contribution in [1.82, 2.24) is 4.98 Å². The predicted molar refractivity (Wildman–Crippen MR) is 61.2 cm³/mol. The number of alkyl halides is 1. The van der Waals surface area contributed by atoms with Crippen LogP contribution in [0.3, 0.4) is 0 Å². The number of halogens is 3. The maximum Gasteiger partial charge on any atom is 0.226 e. The van der Waals surface area contributed by atoms with Gasteiger partial charge in [-0.2, -0.15) is 0 Å². The van der Waals surface area contributed by atoms with Crippen molar-refractivity contribution < 1.29 is 8.81 Å². The van der Waals surface area contributed by atoms with Crippen LogP contribution in [-0.4, -0.2) is 4.98 Å². The van der Waals surface area contributed by atoms with E-state index in [9.17, 15) is 4.39 Å². The van der Waals surface area contributed by atoms with Gasteiger partial charge in [0.05, 0.1) is 16.6 Å². The fraction of sp³-hybridized carbons (Fsp3) is 0.182. The average molecular weight is 260 g/mol. The zero-order valence-electron chi connectivity index (χ0n) is 8.43. The minimum absolute atomic E-state index is 0.0737. The molecule has 0 saturated heterocycles. The summed E-state index contributed by atoms with van der Waals surface area (Å²) in [5, 5.41) is 0.0737. The van der Waals surface area contributed by atoms with Crippen LogP contribution in [0.4, 0.5) is 4.39 Å². The van der Waals surface area contributed by atoms with Gasteiger partial charge in [0.15, 0.2) is 0 Å². The van der Waals surface area contributed by atoms with E-state index in [4.69, 9.17) is 27.6 Å². The van der Waals surface area contributed by atoms with Gasteiger partial charge in [0.2, 0.25) is 5.89 Å². The fourth-order valence-electron chi connectivity index (χ4n) is 1.30. The molecule has 0 aliphatic carbocycles. The van der Waals surface area contributed by atoms with Gasteiger partial charge in [-0.1, -0.05) is 11.6 Å². The van der Waals surface area contributed by atoms with Gasteiger partial charge in [-0.05, 0) is 25.1 Å². The van der Waals surface area contributed by atoms with Gasteiger partial charge in [-0.3, -0.25) is 0 Å². The van der Waals surface area contributed by atoms with Gasteiger partial charge >= 0.3 is 0 Å². The predicted octanol–water partition coefficient (Wildman–Crippen LogP) is 4.18. The highest BCUT2D eigenvalue weighted by Crippen LogP contribution is 2.25. The summed E-state index contributed by atoms with van der Waals surface area (Å²) in [5.74, 6) is 0.761. The molecule has 0 fully saturated rings. The first kappa shape index (κ1) is 11.4. The monoisotopic (exact) mass is 259 g/mol. The average Bonchev–Trinajstić information content (AvgIpc) is 2.64. The Morgan fingerprint density at radius 2 is 2.19 bits per heavy atom. The molecule has 16 heavy (non-hydrogen) atoms. The molecule has 0 aliphatic heterocycles. The molecule has 0 spiro atoms. The number of benzene rings is 1. The Balaban J connectivity index is 2.46. The standard InChI is InChI=1S/C11H8Cl2FNO/c1-6-10(5-12)15-11(16-6)7-2-3-8(13)9(14)4-7/h2-4H,5H2,1H3. The van der Waals surface area contributed by atoms with Crippen molar-refractivity contribution in [2.75, 3.05) is 0 Å². The number of nitrogens with zero attached hydrogens (tertiary/aromatic N) is 1. The molecular formula is C11H8Cl2FNO. The van der Waals surface area contributed by atoms with Gasteiger partial charge in [0.25, 0.3) is 0 Å². The van der Waals surface area contributed by atoms with Gasteiger partial charge in [0.1, 0.15) is 11.6 Å². The van der Waals surface area contributed by atoms with Crippen molar-refractivity contribution >= 4 is 23.2 Å². The topological polar surface area (TPSA) is 26.0 Å². The summed E-state index contributed by atoms with van der Waals surface area (Å²) in [6.45, 7) is 1.76. The highest BCUT2D eigenvalue weighted by atomic mass is 35.5. The summed E-state index contributed by atoms with van der Waals surface area (Å²) in [5.41, 5.74) is 1.20. The number of hydrogen-bond acceptors (Lipinski definition) is 2. The minimum Gasteiger partial charge on any atom is -0.441 e. The summed E-state index contributed by atoms with van der Waals surface area (Å²) in [6.07, 6.45) is 0. The normalized spacial score (nSPS) is 10.8. The molecule has 0 unspecified atom stereocenters. The molecule has 0 radical (unpaired) electrons. The maximum atomic E-state index is 13.2. The Hall–Kier alpha value is -1.06. The molecule has 1 aromatic carbocycles. The van der Waals surface area contributed by atoms with Crippen molar-refractivity contribution in [2.24, 2.45) is 0 Å². The second-order valence-electron chi connectivity index (χ2n) is 3.28. The van der Waals surface area contributed by atoms with E-state index in [0.717, 1.165) is 0 Å². The molecule has 2 aromatic rings. The van der Waals surface area contributed by atoms with E-state index in [1.54, 1.807) is 13.0 Å². The lowest BCUT2D eigenvalue weighted by molar-refractivity contribution is 0.539. The zero-order chi connectivity index (χ0) is 11.7. The molecule has 0 aliphatic rings. The van der Waals surface area contributed by atoms with E-state index >= 15 is 0 Å².